The van der Waals surface area contributed by atoms with Crippen molar-refractivity contribution in [1.29, 1.82) is 0 Å². The number of amides is 1. The first-order valence-corrected chi connectivity index (χ1v) is 8.52. The number of methoxy groups -OCH3 is 1. The Morgan fingerprint density at radius 3 is 2.70 bits per heavy atom. The fourth-order valence-corrected chi connectivity index (χ4v) is 3.03. The molecule has 0 saturated heterocycles. The Bertz CT molecular complexity index is 1130. The molecule has 27 heavy (non-hydrogen) atoms. The van der Waals surface area contributed by atoms with Crippen molar-refractivity contribution in [2.24, 2.45) is 0 Å². The van der Waals surface area contributed by atoms with Crippen LogP contribution in [0.3, 0.4) is 0 Å². The van der Waals surface area contributed by atoms with Gasteiger partial charge in [-0.05, 0) is 48.9 Å². The third-order valence-electron chi connectivity index (χ3n) is 4.30. The van der Waals surface area contributed by atoms with E-state index in [1.54, 1.807) is 23.6 Å². The standard InChI is InChI=1S/C21H18N4O2/c1-14-7-5-8-15(13-14)22-21(26)17-10-6-12-25-19(23-24-20(17)25)16-9-3-4-11-18(16)27-2/h3-13H,1-2H3,(H,22,26). The van der Waals surface area contributed by atoms with Crippen molar-refractivity contribution in [3.63, 3.8) is 0 Å². The van der Waals surface area contributed by atoms with Gasteiger partial charge in [0.05, 0.1) is 18.2 Å². The zero-order valence-corrected chi connectivity index (χ0v) is 15.0. The normalized spacial score (nSPS) is 10.7. The Balaban J connectivity index is 1.75. The van der Waals surface area contributed by atoms with Crippen LogP contribution in [0.25, 0.3) is 17.0 Å². The van der Waals surface area contributed by atoms with E-state index in [9.17, 15) is 4.79 Å². The fourth-order valence-electron chi connectivity index (χ4n) is 3.03. The predicted octanol–water partition coefficient (Wildman–Crippen LogP) is 3.97. The second kappa shape index (κ2) is 6.92. The number of para-hydroxylation sites is 1. The van der Waals surface area contributed by atoms with E-state index in [1.165, 1.54) is 0 Å². The summed E-state index contributed by atoms with van der Waals surface area (Å²) in [5.41, 5.74) is 3.57. The van der Waals surface area contributed by atoms with Crippen molar-refractivity contribution in [3.05, 3.63) is 78.0 Å². The minimum atomic E-state index is -0.231. The molecule has 0 spiro atoms. The Kier molecular flexibility index (Phi) is 4.30. The van der Waals surface area contributed by atoms with Crippen LogP contribution in [0.2, 0.25) is 0 Å². The summed E-state index contributed by atoms with van der Waals surface area (Å²) in [6.45, 7) is 1.98. The molecule has 0 saturated carbocycles. The first-order chi connectivity index (χ1) is 13.2. The van der Waals surface area contributed by atoms with Gasteiger partial charge in [0, 0.05) is 11.9 Å². The molecule has 0 bridgehead atoms. The number of benzene rings is 2. The summed E-state index contributed by atoms with van der Waals surface area (Å²) in [4.78, 5) is 12.8. The molecule has 0 radical (unpaired) electrons. The summed E-state index contributed by atoms with van der Waals surface area (Å²) in [6, 6.07) is 18.8. The van der Waals surface area contributed by atoms with Gasteiger partial charge < -0.3 is 10.1 Å². The average molecular weight is 358 g/mol. The van der Waals surface area contributed by atoms with E-state index in [2.05, 4.69) is 15.5 Å². The van der Waals surface area contributed by atoms with Gasteiger partial charge in [-0.15, -0.1) is 10.2 Å². The summed E-state index contributed by atoms with van der Waals surface area (Å²) in [7, 11) is 1.61. The summed E-state index contributed by atoms with van der Waals surface area (Å²) in [5, 5.41) is 11.5. The number of carbonyl (C=O) groups is 1. The quantitative estimate of drug-likeness (QED) is 0.599. The Morgan fingerprint density at radius 2 is 1.89 bits per heavy atom. The first-order valence-electron chi connectivity index (χ1n) is 8.52. The highest BCUT2D eigenvalue weighted by atomic mass is 16.5. The van der Waals surface area contributed by atoms with Crippen LogP contribution in [0.4, 0.5) is 5.69 Å². The van der Waals surface area contributed by atoms with Crippen LogP contribution in [0.5, 0.6) is 5.75 Å². The molecule has 4 rings (SSSR count). The number of nitrogens with one attached hydrogen (secondary N) is 1. The zero-order valence-electron chi connectivity index (χ0n) is 15.0. The van der Waals surface area contributed by atoms with Crippen LogP contribution in [-0.2, 0) is 0 Å². The van der Waals surface area contributed by atoms with Crippen LogP contribution < -0.4 is 10.1 Å². The minimum absolute atomic E-state index is 0.231. The molecule has 0 fully saturated rings. The lowest BCUT2D eigenvalue weighted by atomic mass is 10.2. The van der Waals surface area contributed by atoms with Gasteiger partial charge in [-0.3, -0.25) is 9.20 Å². The zero-order chi connectivity index (χ0) is 18.8. The van der Waals surface area contributed by atoms with Crippen LogP contribution in [0, 0.1) is 6.92 Å². The molecule has 2 aromatic heterocycles. The topological polar surface area (TPSA) is 68.5 Å². The molecule has 0 unspecified atom stereocenters. The van der Waals surface area contributed by atoms with Crippen LogP contribution in [-0.4, -0.2) is 27.6 Å². The molecule has 6 nitrogen and oxygen atoms in total. The van der Waals surface area contributed by atoms with Gasteiger partial charge in [0.2, 0.25) is 0 Å². The molecular formula is C21H18N4O2. The number of anilines is 1. The molecule has 2 aromatic carbocycles. The number of hydrogen-bond acceptors (Lipinski definition) is 4. The van der Waals surface area contributed by atoms with E-state index in [1.807, 2.05) is 61.7 Å². The Morgan fingerprint density at radius 1 is 1.04 bits per heavy atom. The molecule has 1 N–H and O–H groups in total. The maximum Gasteiger partial charge on any atom is 0.259 e. The Labute approximate surface area is 156 Å². The van der Waals surface area contributed by atoms with E-state index >= 15 is 0 Å². The van der Waals surface area contributed by atoms with Crippen molar-refractivity contribution in [2.75, 3.05) is 12.4 Å². The predicted molar refractivity (Wildman–Crippen MR) is 104 cm³/mol. The number of fused-ring (bicyclic) bond motifs is 1. The number of hydrogen-bond donors (Lipinski definition) is 1. The molecule has 0 aliphatic carbocycles. The van der Waals surface area contributed by atoms with Crippen molar-refractivity contribution in [3.8, 4) is 17.1 Å². The largest absolute Gasteiger partial charge is 0.496 e. The Hall–Kier alpha value is -3.67. The van der Waals surface area contributed by atoms with E-state index in [0.29, 0.717) is 22.8 Å². The number of aromatic nitrogens is 3. The van der Waals surface area contributed by atoms with E-state index in [4.69, 9.17) is 4.74 Å². The summed E-state index contributed by atoms with van der Waals surface area (Å²) < 4.78 is 7.22. The third-order valence-corrected chi connectivity index (χ3v) is 4.30. The third kappa shape index (κ3) is 3.13. The van der Waals surface area contributed by atoms with Gasteiger partial charge in [-0.2, -0.15) is 0 Å². The summed E-state index contributed by atoms with van der Waals surface area (Å²) in [6.07, 6.45) is 1.83. The maximum atomic E-state index is 12.8. The number of carbonyl (C=O) groups excluding carboxylic acids is 1. The second-order valence-corrected chi connectivity index (χ2v) is 6.16. The molecule has 6 heteroatoms. The van der Waals surface area contributed by atoms with E-state index in [0.717, 1.165) is 16.8 Å². The smallest absolute Gasteiger partial charge is 0.259 e. The van der Waals surface area contributed by atoms with Crippen molar-refractivity contribution >= 4 is 17.2 Å². The van der Waals surface area contributed by atoms with Crippen molar-refractivity contribution < 1.29 is 9.53 Å². The van der Waals surface area contributed by atoms with Gasteiger partial charge in [0.25, 0.3) is 5.91 Å². The molecule has 134 valence electrons. The number of aryl methyl sites for hydroxylation is 1. The molecule has 1 amide bonds. The van der Waals surface area contributed by atoms with Crippen molar-refractivity contribution in [2.45, 2.75) is 6.92 Å². The monoisotopic (exact) mass is 358 g/mol. The summed E-state index contributed by atoms with van der Waals surface area (Å²) >= 11 is 0. The molecular weight excluding hydrogens is 340 g/mol. The summed E-state index contributed by atoms with van der Waals surface area (Å²) in [5.74, 6) is 1.08. The number of nitrogens with zero attached hydrogens (tertiary/aromatic N) is 3. The second-order valence-electron chi connectivity index (χ2n) is 6.16. The van der Waals surface area contributed by atoms with Crippen LogP contribution >= 0.6 is 0 Å². The number of rotatable bonds is 4. The van der Waals surface area contributed by atoms with Gasteiger partial charge in [-0.25, -0.2) is 0 Å². The van der Waals surface area contributed by atoms with Crippen LogP contribution in [0.15, 0.2) is 66.9 Å². The lowest BCUT2D eigenvalue weighted by molar-refractivity contribution is 0.102. The van der Waals surface area contributed by atoms with Gasteiger partial charge in [0.1, 0.15) is 5.75 Å². The highest BCUT2D eigenvalue weighted by Gasteiger charge is 2.17. The minimum Gasteiger partial charge on any atom is -0.496 e. The van der Waals surface area contributed by atoms with Gasteiger partial charge in [0.15, 0.2) is 11.5 Å². The molecule has 0 atom stereocenters. The lowest BCUT2D eigenvalue weighted by Crippen LogP contribution is -2.13. The highest BCUT2D eigenvalue weighted by Crippen LogP contribution is 2.29. The average Bonchev–Trinajstić information content (AvgIpc) is 3.12. The lowest BCUT2D eigenvalue weighted by Gasteiger charge is -2.08. The van der Waals surface area contributed by atoms with Gasteiger partial charge >= 0.3 is 0 Å². The molecule has 0 aliphatic rings. The fraction of sp³-hybridized carbons (Fsp3) is 0.0952. The number of pyridine rings is 1. The van der Waals surface area contributed by atoms with Crippen molar-refractivity contribution in [1.82, 2.24) is 14.6 Å². The molecule has 2 heterocycles. The van der Waals surface area contributed by atoms with Crippen LogP contribution in [0.1, 0.15) is 15.9 Å². The molecule has 0 aliphatic heterocycles. The highest BCUT2D eigenvalue weighted by molar-refractivity contribution is 6.08. The van der Waals surface area contributed by atoms with E-state index in [-0.39, 0.29) is 5.91 Å². The number of ether oxygens (including phenoxy) is 1. The molecule has 4 aromatic rings. The SMILES string of the molecule is COc1ccccc1-c1nnc2c(C(=O)Nc3cccc(C)c3)cccn12. The van der Waals surface area contributed by atoms with Gasteiger partial charge in [-0.1, -0.05) is 24.3 Å². The van der Waals surface area contributed by atoms with E-state index < -0.39 is 0 Å². The first kappa shape index (κ1) is 16.8. The maximum absolute atomic E-state index is 12.8.